The average Bonchev–Trinajstić information content (AvgIpc) is 3.19. The number of hydrogen-bond acceptors (Lipinski definition) is 5. The molecular formula is C25H24FN3O4S. The van der Waals surface area contributed by atoms with Gasteiger partial charge in [0.1, 0.15) is 24.0 Å². The van der Waals surface area contributed by atoms with Gasteiger partial charge in [-0.3, -0.25) is 4.79 Å². The highest BCUT2D eigenvalue weighted by Gasteiger charge is 2.19. The van der Waals surface area contributed by atoms with Crippen LogP contribution in [-0.2, 0) is 23.2 Å². The maximum Gasteiger partial charge on any atom is 0.242 e. The van der Waals surface area contributed by atoms with Gasteiger partial charge in [0.15, 0.2) is 5.78 Å². The predicted octanol–water partition coefficient (Wildman–Crippen LogP) is 4.26. The summed E-state index contributed by atoms with van der Waals surface area (Å²) >= 11 is 0. The van der Waals surface area contributed by atoms with E-state index in [4.69, 9.17) is 4.74 Å². The third-order valence-corrected chi connectivity index (χ3v) is 7.30. The molecule has 0 unspecified atom stereocenters. The van der Waals surface area contributed by atoms with Crippen molar-refractivity contribution in [3.63, 3.8) is 0 Å². The number of carbonyl (C=O) groups excluding carboxylic acids is 1. The zero-order chi connectivity index (χ0) is 24.5. The van der Waals surface area contributed by atoms with Crippen molar-refractivity contribution in [2.24, 2.45) is 0 Å². The fraction of sp³-hybridized carbons (Fsp3) is 0.200. The lowest BCUT2D eigenvalue weighted by Crippen LogP contribution is -2.22. The maximum absolute atomic E-state index is 13.1. The summed E-state index contributed by atoms with van der Waals surface area (Å²) in [7, 11) is -0.585. The largest absolute Gasteiger partial charge is 0.486 e. The number of aromatic nitrogens is 2. The number of ether oxygens (including phenoxy) is 1. The number of hydrogen-bond donors (Lipinski definition) is 0. The molecule has 1 aromatic heterocycles. The molecule has 9 heteroatoms. The molecule has 4 rings (SSSR count). The minimum atomic E-state index is -3.56. The van der Waals surface area contributed by atoms with E-state index < -0.39 is 15.8 Å². The van der Waals surface area contributed by atoms with Gasteiger partial charge in [-0.15, -0.1) is 0 Å². The third-order valence-electron chi connectivity index (χ3n) is 5.48. The minimum absolute atomic E-state index is 0.170. The molecular weight excluding hydrogens is 457 g/mol. The van der Waals surface area contributed by atoms with Crippen molar-refractivity contribution in [2.45, 2.75) is 25.0 Å². The summed E-state index contributed by atoms with van der Waals surface area (Å²) in [5.74, 6) is 0.612. The molecule has 0 saturated carbocycles. The van der Waals surface area contributed by atoms with Crippen LogP contribution in [0.15, 0.2) is 71.6 Å². The molecule has 7 nitrogen and oxygen atoms in total. The standard InChI is InChI=1S/C25H24FN3O4S/c1-4-29-23-14-13-21(34(31,32)28(2)3)15-22(23)27-24(29)16-33-20-11-7-18(8-12-20)25(30)17-5-9-19(26)10-6-17/h5-15H,4,16H2,1-3H3. The molecule has 0 aliphatic carbocycles. The second kappa shape index (κ2) is 9.36. The summed E-state index contributed by atoms with van der Waals surface area (Å²) in [5, 5.41) is 0. The summed E-state index contributed by atoms with van der Waals surface area (Å²) in [6.45, 7) is 2.79. The van der Waals surface area contributed by atoms with Crippen molar-refractivity contribution >= 4 is 26.8 Å². The highest BCUT2D eigenvalue weighted by molar-refractivity contribution is 7.89. The highest BCUT2D eigenvalue weighted by Crippen LogP contribution is 2.23. The molecule has 0 amide bonds. The fourth-order valence-electron chi connectivity index (χ4n) is 3.61. The van der Waals surface area contributed by atoms with E-state index in [9.17, 15) is 17.6 Å². The number of fused-ring (bicyclic) bond motifs is 1. The van der Waals surface area contributed by atoms with E-state index in [-0.39, 0.29) is 17.3 Å². The molecule has 0 spiro atoms. The zero-order valence-corrected chi connectivity index (χ0v) is 19.8. The molecule has 0 N–H and O–H groups in total. The lowest BCUT2D eigenvalue weighted by molar-refractivity contribution is 0.103. The first-order valence-electron chi connectivity index (χ1n) is 10.7. The molecule has 0 saturated heterocycles. The zero-order valence-electron chi connectivity index (χ0n) is 19.0. The van der Waals surface area contributed by atoms with Gasteiger partial charge in [0.2, 0.25) is 10.0 Å². The van der Waals surface area contributed by atoms with Gasteiger partial charge in [-0.05, 0) is 73.7 Å². The first kappa shape index (κ1) is 23.6. The number of nitrogens with zero attached hydrogens (tertiary/aromatic N) is 3. The quantitative estimate of drug-likeness (QED) is 0.352. The van der Waals surface area contributed by atoms with Crippen molar-refractivity contribution in [3.8, 4) is 5.75 Å². The topological polar surface area (TPSA) is 81.5 Å². The van der Waals surface area contributed by atoms with Crippen LogP contribution in [0.25, 0.3) is 11.0 Å². The lowest BCUT2D eigenvalue weighted by Gasteiger charge is -2.11. The first-order chi connectivity index (χ1) is 16.2. The molecule has 0 bridgehead atoms. The summed E-state index contributed by atoms with van der Waals surface area (Å²) < 4.78 is 47.0. The van der Waals surface area contributed by atoms with Gasteiger partial charge in [0.05, 0.1) is 15.9 Å². The minimum Gasteiger partial charge on any atom is -0.486 e. The first-order valence-corrected chi connectivity index (χ1v) is 12.1. The van der Waals surface area contributed by atoms with Gasteiger partial charge in [-0.1, -0.05) is 0 Å². The Morgan fingerprint density at radius 2 is 1.62 bits per heavy atom. The SMILES string of the molecule is CCn1c(COc2ccc(C(=O)c3ccc(F)cc3)cc2)nc2cc(S(=O)(=O)N(C)C)ccc21. The molecule has 0 atom stereocenters. The smallest absolute Gasteiger partial charge is 0.242 e. The van der Waals surface area contributed by atoms with Crippen LogP contribution in [0.5, 0.6) is 5.75 Å². The van der Waals surface area contributed by atoms with Gasteiger partial charge >= 0.3 is 0 Å². The van der Waals surface area contributed by atoms with Gasteiger partial charge in [-0.25, -0.2) is 22.1 Å². The molecule has 4 aromatic rings. The van der Waals surface area contributed by atoms with Crippen molar-refractivity contribution in [2.75, 3.05) is 14.1 Å². The normalized spacial score (nSPS) is 11.8. The van der Waals surface area contributed by atoms with Crippen molar-refractivity contribution in [3.05, 3.63) is 89.5 Å². The number of sulfonamides is 1. The van der Waals surface area contributed by atoms with Crippen LogP contribution in [0, 0.1) is 5.82 Å². The second-order valence-electron chi connectivity index (χ2n) is 7.86. The summed E-state index contributed by atoms with van der Waals surface area (Å²) in [6, 6.07) is 17.0. The van der Waals surface area contributed by atoms with Crippen LogP contribution < -0.4 is 4.74 Å². The number of halogens is 1. The number of rotatable bonds is 8. The Morgan fingerprint density at radius 1 is 1.00 bits per heavy atom. The summed E-state index contributed by atoms with van der Waals surface area (Å²) in [4.78, 5) is 17.3. The van der Waals surface area contributed by atoms with E-state index in [0.717, 1.165) is 5.52 Å². The maximum atomic E-state index is 13.1. The average molecular weight is 482 g/mol. The van der Waals surface area contributed by atoms with Crippen molar-refractivity contribution in [1.29, 1.82) is 0 Å². The lowest BCUT2D eigenvalue weighted by atomic mass is 10.0. The number of aryl methyl sites for hydroxylation is 1. The molecule has 176 valence electrons. The van der Waals surface area contributed by atoms with E-state index in [1.54, 1.807) is 42.5 Å². The highest BCUT2D eigenvalue weighted by atomic mass is 32.2. The van der Waals surface area contributed by atoms with E-state index >= 15 is 0 Å². The van der Waals surface area contributed by atoms with Crippen molar-refractivity contribution in [1.82, 2.24) is 13.9 Å². The molecule has 0 fully saturated rings. The predicted molar refractivity (Wildman–Crippen MR) is 127 cm³/mol. The Kier molecular flexibility index (Phi) is 6.49. The molecule has 0 aliphatic rings. The summed E-state index contributed by atoms with van der Waals surface area (Å²) in [6.07, 6.45) is 0. The van der Waals surface area contributed by atoms with Gasteiger partial charge in [-0.2, -0.15) is 0 Å². The number of carbonyl (C=O) groups is 1. The van der Waals surface area contributed by atoms with E-state index in [0.29, 0.717) is 34.8 Å². The van der Waals surface area contributed by atoms with Crippen molar-refractivity contribution < 1.29 is 22.3 Å². The Balaban J connectivity index is 1.52. The van der Waals surface area contributed by atoms with Crippen LogP contribution in [0.2, 0.25) is 0 Å². The second-order valence-corrected chi connectivity index (χ2v) is 10.0. The monoisotopic (exact) mass is 481 g/mol. The van der Waals surface area contributed by atoms with Gasteiger partial charge in [0, 0.05) is 31.8 Å². The summed E-state index contributed by atoms with van der Waals surface area (Å²) in [5.41, 5.74) is 2.26. The van der Waals surface area contributed by atoms with Crippen LogP contribution >= 0.6 is 0 Å². The van der Waals surface area contributed by atoms with E-state index in [1.165, 1.54) is 42.7 Å². The Bertz CT molecular complexity index is 1440. The molecule has 0 aliphatic heterocycles. The molecule has 1 heterocycles. The van der Waals surface area contributed by atoms with Crippen LogP contribution in [0.3, 0.4) is 0 Å². The Labute approximate surface area is 197 Å². The van der Waals surface area contributed by atoms with Gasteiger partial charge in [0.25, 0.3) is 0 Å². The molecule has 3 aromatic carbocycles. The Morgan fingerprint density at radius 3 is 2.21 bits per heavy atom. The van der Waals surface area contributed by atoms with E-state index in [1.807, 2.05) is 11.5 Å². The Hall–Kier alpha value is -3.56. The third kappa shape index (κ3) is 4.57. The fourth-order valence-corrected chi connectivity index (χ4v) is 4.53. The molecule has 34 heavy (non-hydrogen) atoms. The van der Waals surface area contributed by atoms with Crippen LogP contribution in [-0.4, -0.2) is 42.2 Å². The molecule has 0 radical (unpaired) electrons. The number of imidazole rings is 1. The van der Waals surface area contributed by atoms with Gasteiger partial charge < -0.3 is 9.30 Å². The van der Waals surface area contributed by atoms with Crippen LogP contribution in [0.1, 0.15) is 28.7 Å². The number of ketones is 1. The van der Waals surface area contributed by atoms with E-state index in [2.05, 4.69) is 4.98 Å². The van der Waals surface area contributed by atoms with Crippen LogP contribution in [0.4, 0.5) is 4.39 Å². The number of benzene rings is 3.